The quantitative estimate of drug-likeness (QED) is 0.326. The van der Waals surface area contributed by atoms with E-state index in [4.69, 9.17) is 5.84 Å². The summed E-state index contributed by atoms with van der Waals surface area (Å²) in [6, 6.07) is 3.30. The molecule has 0 aliphatic heterocycles. The van der Waals surface area contributed by atoms with Gasteiger partial charge in [-0.3, -0.25) is 9.89 Å². The van der Waals surface area contributed by atoms with Gasteiger partial charge in [0.15, 0.2) is 0 Å². The number of nitrogens with zero attached hydrogens (tertiary/aromatic N) is 3. The highest BCUT2D eigenvalue weighted by Crippen LogP contribution is 2.03. The van der Waals surface area contributed by atoms with Crippen LogP contribution in [0, 0.1) is 0 Å². The van der Waals surface area contributed by atoms with Crippen molar-refractivity contribution >= 4 is 11.7 Å². The van der Waals surface area contributed by atoms with E-state index in [1.54, 1.807) is 12.1 Å². The second kappa shape index (κ2) is 6.45. The standard InChI is InChI=1S/C11H15N7O/c12-17-9-4-3-8(6-14-9)11(19)13-5-1-2-10-15-7-16-18-10/h3-4,6-7H,1-2,5,12H2,(H,13,19)(H,14,17)(H,15,16,18). The molecule has 8 heteroatoms. The monoisotopic (exact) mass is 261 g/mol. The molecule has 1 amide bonds. The third-order valence-corrected chi connectivity index (χ3v) is 2.51. The van der Waals surface area contributed by atoms with Crippen LogP contribution in [-0.2, 0) is 6.42 Å². The predicted octanol–water partition coefficient (Wildman–Crippen LogP) is -0.152. The Hall–Kier alpha value is -2.48. The Morgan fingerprint density at radius 2 is 2.26 bits per heavy atom. The number of nitrogens with two attached hydrogens (primary N) is 1. The molecule has 2 aromatic heterocycles. The van der Waals surface area contributed by atoms with Crippen LogP contribution in [0.2, 0.25) is 0 Å². The number of aryl methyl sites for hydroxylation is 1. The summed E-state index contributed by atoms with van der Waals surface area (Å²) >= 11 is 0. The molecular weight excluding hydrogens is 246 g/mol. The maximum absolute atomic E-state index is 11.8. The number of rotatable bonds is 6. The van der Waals surface area contributed by atoms with E-state index in [2.05, 4.69) is 30.9 Å². The van der Waals surface area contributed by atoms with Crippen molar-refractivity contribution in [1.29, 1.82) is 0 Å². The number of hydrogen-bond acceptors (Lipinski definition) is 6. The van der Waals surface area contributed by atoms with E-state index < -0.39 is 0 Å². The second-order valence-electron chi connectivity index (χ2n) is 3.87. The third-order valence-electron chi connectivity index (χ3n) is 2.51. The van der Waals surface area contributed by atoms with Crippen LogP contribution in [-0.4, -0.2) is 32.6 Å². The zero-order valence-electron chi connectivity index (χ0n) is 10.3. The van der Waals surface area contributed by atoms with Crippen LogP contribution in [0.15, 0.2) is 24.7 Å². The molecule has 2 heterocycles. The molecule has 0 unspecified atom stereocenters. The van der Waals surface area contributed by atoms with Crippen LogP contribution in [0.1, 0.15) is 22.6 Å². The van der Waals surface area contributed by atoms with Crippen LogP contribution in [0.5, 0.6) is 0 Å². The highest BCUT2D eigenvalue weighted by atomic mass is 16.1. The van der Waals surface area contributed by atoms with Gasteiger partial charge in [0.2, 0.25) is 0 Å². The van der Waals surface area contributed by atoms with Gasteiger partial charge in [0.05, 0.1) is 5.56 Å². The largest absolute Gasteiger partial charge is 0.352 e. The van der Waals surface area contributed by atoms with Crippen molar-refractivity contribution in [3.05, 3.63) is 36.0 Å². The zero-order chi connectivity index (χ0) is 13.5. The Labute approximate surface area is 109 Å². The molecule has 0 aromatic carbocycles. The van der Waals surface area contributed by atoms with E-state index in [1.807, 2.05) is 0 Å². The smallest absolute Gasteiger partial charge is 0.252 e. The number of carbonyl (C=O) groups excluding carboxylic acids is 1. The number of amides is 1. The van der Waals surface area contributed by atoms with Crippen molar-refractivity contribution < 1.29 is 4.79 Å². The van der Waals surface area contributed by atoms with Gasteiger partial charge in [-0.25, -0.2) is 15.8 Å². The Morgan fingerprint density at radius 1 is 1.37 bits per heavy atom. The lowest BCUT2D eigenvalue weighted by atomic mass is 10.2. The van der Waals surface area contributed by atoms with Crippen molar-refractivity contribution in [1.82, 2.24) is 25.5 Å². The summed E-state index contributed by atoms with van der Waals surface area (Å²) in [5, 5.41) is 9.33. The van der Waals surface area contributed by atoms with Crippen molar-refractivity contribution in [3.63, 3.8) is 0 Å². The van der Waals surface area contributed by atoms with Crippen molar-refractivity contribution in [2.24, 2.45) is 5.84 Å². The first-order valence-electron chi connectivity index (χ1n) is 5.84. The fourth-order valence-corrected chi connectivity index (χ4v) is 1.52. The van der Waals surface area contributed by atoms with E-state index in [9.17, 15) is 4.79 Å². The maximum atomic E-state index is 11.8. The summed E-state index contributed by atoms with van der Waals surface area (Å²) in [7, 11) is 0. The zero-order valence-corrected chi connectivity index (χ0v) is 10.3. The molecule has 2 aromatic rings. The first-order chi connectivity index (χ1) is 9.29. The molecule has 0 fully saturated rings. The van der Waals surface area contributed by atoms with Gasteiger partial charge in [0, 0.05) is 19.2 Å². The number of aromatic amines is 1. The van der Waals surface area contributed by atoms with Crippen LogP contribution >= 0.6 is 0 Å². The molecular formula is C11H15N7O. The average molecular weight is 261 g/mol. The van der Waals surface area contributed by atoms with Gasteiger partial charge in [0.25, 0.3) is 5.91 Å². The number of H-pyrrole nitrogens is 1. The number of nitrogens with one attached hydrogen (secondary N) is 3. The minimum Gasteiger partial charge on any atom is -0.352 e. The molecule has 8 nitrogen and oxygen atoms in total. The highest BCUT2D eigenvalue weighted by Gasteiger charge is 2.05. The van der Waals surface area contributed by atoms with Crippen molar-refractivity contribution in [2.45, 2.75) is 12.8 Å². The first-order valence-corrected chi connectivity index (χ1v) is 5.84. The van der Waals surface area contributed by atoms with Crippen LogP contribution in [0.4, 0.5) is 5.82 Å². The van der Waals surface area contributed by atoms with Crippen molar-refractivity contribution in [2.75, 3.05) is 12.0 Å². The summed E-state index contributed by atoms with van der Waals surface area (Å²) in [5.41, 5.74) is 2.90. The fourth-order valence-electron chi connectivity index (χ4n) is 1.52. The number of pyridine rings is 1. The molecule has 0 atom stereocenters. The number of aromatic nitrogens is 4. The van der Waals surface area contributed by atoms with Crippen molar-refractivity contribution in [3.8, 4) is 0 Å². The minimum atomic E-state index is -0.159. The molecule has 0 aliphatic rings. The van der Waals surface area contributed by atoms with Crippen LogP contribution in [0.25, 0.3) is 0 Å². The molecule has 5 N–H and O–H groups in total. The third kappa shape index (κ3) is 3.75. The van der Waals surface area contributed by atoms with Gasteiger partial charge in [0.1, 0.15) is 18.0 Å². The Bertz CT molecular complexity index is 508. The lowest BCUT2D eigenvalue weighted by molar-refractivity contribution is 0.0953. The van der Waals surface area contributed by atoms with Gasteiger partial charge >= 0.3 is 0 Å². The molecule has 2 rings (SSSR count). The molecule has 0 bridgehead atoms. The minimum absolute atomic E-state index is 0.159. The van der Waals surface area contributed by atoms with Gasteiger partial charge < -0.3 is 10.7 Å². The van der Waals surface area contributed by atoms with Crippen LogP contribution in [0.3, 0.4) is 0 Å². The van der Waals surface area contributed by atoms with Gasteiger partial charge in [-0.15, -0.1) is 0 Å². The number of nitrogen functional groups attached to an aromatic ring is 1. The SMILES string of the molecule is NNc1ccc(C(=O)NCCCc2ncn[nH]2)cn1. The second-order valence-corrected chi connectivity index (χ2v) is 3.87. The molecule has 0 saturated carbocycles. The number of carbonyl (C=O) groups is 1. The lowest BCUT2D eigenvalue weighted by Gasteiger charge is -2.05. The molecule has 0 spiro atoms. The van der Waals surface area contributed by atoms with Crippen LogP contribution < -0.4 is 16.6 Å². The average Bonchev–Trinajstić information content (AvgIpc) is 2.96. The lowest BCUT2D eigenvalue weighted by Crippen LogP contribution is -2.25. The summed E-state index contributed by atoms with van der Waals surface area (Å²) in [6.45, 7) is 0.566. The summed E-state index contributed by atoms with van der Waals surface area (Å²) < 4.78 is 0. The predicted molar refractivity (Wildman–Crippen MR) is 69.1 cm³/mol. The molecule has 19 heavy (non-hydrogen) atoms. The first kappa shape index (κ1) is 13.0. The normalized spacial score (nSPS) is 10.2. The number of hydrogen-bond donors (Lipinski definition) is 4. The van der Waals surface area contributed by atoms with E-state index in [0.29, 0.717) is 17.9 Å². The summed E-state index contributed by atoms with van der Waals surface area (Å²) in [6.07, 6.45) is 4.47. The fraction of sp³-hybridized carbons (Fsp3) is 0.273. The van der Waals surface area contributed by atoms with E-state index in [0.717, 1.165) is 18.7 Å². The van der Waals surface area contributed by atoms with E-state index >= 15 is 0 Å². The highest BCUT2D eigenvalue weighted by molar-refractivity contribution is 5.93. The number of hydrazine groups is 1. The Balaban J connectivity index is 1.74. The Morgan fingerprint density at radius 3 is 2.89 bits per heavy atom. The van der Waals surface area contributed by atoms with Gasteiger partial charge in [-0.2, -0.15) is 5.10 Å². The summed E-state index contributed by atoms with van der Waals surface area (Å²) in [4.78, 5) is 19.7. The van der Waals surface area contributed by atoms with E-state index in [-0.39, 0.29) is 5.91 Å². The van der Waals surface area contributed by atoms with Gasteiger partial charge in [-0.05, 0) is 18.6 Å². The Kier molecular flexibility index (Phi) is 4.40. The molecule has 0 radical (unpaired) electrons. The molecule has 0 saturated heterocycles. The van der Waals surface area contributed by atoms with E-state index in [1.165, 1.54) is 12.5 Å². The maximum Gasteiger partial charge on any atom is 0.252 e. The summed E-state index contributed by atoms with van der Waals surface area (Å²) in [5.74, 6) is 6.36. The van der Waals surface area contributed by atoms with Gasteiger partial charge in [-0.1, -0.05) is 0 Å². The number of anilines is 1. The molecule has 100 valence electrons. The topological polar surface area (TPSA) is 122 Å². The molecule has 0 aliphatic carbocycles.